The number of nitrogens with zero attached hydrogens (tertiary/aromatic N) is 3. The Morgan fingerprint density at radius 1 is 1.17 bits per heavy atom. The van der Waals surface area contributed by atoms with E-state index in [1.807, 2.05) is 35.9 Å². The number of para-hydroxylation sites is 1. The Bertz CT molecular complexity index is 1630. The van der Waals surface area contributed by atoms with Crippen molar-refractivity contribution in [1.29, 1.82) is 0 Å². The zero-order valence-corrected chi connectivity index (χ0v) is 23.9. The summed E-state index contributed by atoms with van der Waals surface area (Å²) in [6, 6.07) is 12.0. The second-order valence-corrected chi connectivity index (χ2v) is 10.8. The minimum Gasteiger partial charge on any atom is -0.481 e. The molecule has 10 nitrogen and oxygen atoms in total. The summed E-state index contributed by atoms with van der Waals surface area (Å²) in [5, 5.41) is 17.2. The van der Waals surface area contributed by atoms with E-state index >= 15 is 0 Å². The number of aromatic nitrogens is 2. The number of aryl methyl sites for hydroxylation is 2. The van der Waals surface area contributed by atoms with Crippen LogP contribution in [0.5, 0.6) is 0 Å². The number of rotatable bonds is 9. The first kappa shape index (κ1) is 28.7. The minimum absolute atomic E-state index is 0.0350. The molecule has 41 heavy (non-hydrogen) atoms. The van der Waals surface area contributed by atoms with E-state index < -0.39 is 12.0 Å². The maximum Gasteiger partial charge on any atom is 0.303 e. The standard InChI is InChI=1S/C29H28Cl2N4O6/c1-34-15-20(19-5-3-4-6-25(19)34)29(39)32-23-13-21(30)16(9-22(23)31)10-27(36)35-14-18(40-2)12-26(35)24-11-17(41-33-24)7-8-28(37)38/h3-6,9,11,13,15,18,26H,7-8,10,12,14H2,1-2H3,(H,32,39)(H,37,38)/t18-,26-/m0/s1. The van der Waals surface area contributed by atoms with Crippen LogP contribution in [0.25, 0.3) is 10.9 Å². The molecule has 0 radical (unpaired) electrons. The van der Waals surface area contributed by atoms with Crippen molar-refractivity contribution in [1.82, 2.24) is 14.6 Å². The number of amides is 2. The number of carboxylic acid groups (broad SMARTS) is 1. The Hall–Kier alpha value is -3.86. The van der Waals surface area contributed by atoms with Crippen LogP contribution in [-0.2, 0) is 34.2 Å². The highest BCUT2D eigenvalue weighted by molar-refractivity contribution is 6.36. The molecule has 214 valence electrons. The van der Waals surface area contributed by atoms with Crippen LogP contribution in [0.2, 0.25) is 10.0 Å². The van der Waals surface area contributed by atoms with Gasteiger partial charge in [-0.25, -0.2) is 0 Å². The smallest absolute Gasteiger partial charge is 0.303 e. The predicted molar refractivity (Wildman–Crippen MR) is 153 cm³/mol. The average molecular weight is 599 g/mol. The summed E-state index contributed by atoms with van der Waals surface area (Å²) in [5.41, 5.74) is 2.80. The third-order valence-corrected chi connectivity index (χ3v) is 7.95. The number of carboxylic acids is 1. The number of fused-ring (bicyclic) bond motifs is 1. The molecule has 2 N–H and O–H groups in total. The van der Waals surface area contributed by atoms with Crippen LogP contribution in [0.3, 0.4) is 0 Å². The molecule has 1 saturated heterocycles. The number of carbonyl (C=O) groups excluding carboxylic acids is 2. The van der Waals surface area contributed by atoms with Crippen LogP contribution in [0.4, 0.5) is 5.69 Å². The maximum atomic E-state index is 13.5. The summed E-state index contributed by atoms with van der Waals surface area (Å²) in [6.45, 7) is 0.349. The molecule has 0 saturated carbocycles. The molecule has 3 heterocycles. The number of benzene rings is 2. The third kappa shape index (κ3) is 6.09. The Morgan fingerprint density at radius 2 is 1.95 bits per heavy atom. The van der Waals surface area contributed by atoms with E-state index in [1.54, 1.807) is 36.4 Å². The van der Waals surface area contributed by atoms with E-state index in [1.165, 1.54) is 0 Å². The fraction of sp³-hybridized carbons (Fsp3) is 0.310. The zero-order valence-electron chi connectivity index (χ0n) is 22.4. The molecule has 2 aromatic carbocycles. The van der Waals surface area contributed by atoms with E-state index in [2.05, 4.69) is 10.5 Å². The van der Waals surface area contributed by atoms with E-state index in [0.29, 0.717) is 41.2 Å². The number of nitrogens with one attached hydrogen (secondary N) is 1. The van der Waals surface area contributed by atoms with Gasteiger partial charge in [0.25, 0.3) is 5.91 Å². The van der Waals surface area contributed by atoms with E-state index in [-0.39, 0.29) is 47.2 Å². The average Bonchev–Trinajstić information content (AvgIpc) is 3.67. The van der Waals surface area contributed by atoms with Crippen LogP contribution in [0.1, 0.15) is 46.3 Å². The summed E-state index contributed by atoms with van der Waals surface area (Å²) in [6.07, 6.45) is 2.16. The number of anilines is 1. The van der Waals surface area contributed by atoms with Crippen LogP contribution in [-0.4, -0.2) is 57.3 Å². The zero-order chi connectivity index (χ0) is 29.3. The first-order valence-corrected chi connectivity index (χ1v) is 13.7. The van der Waals surface area contributed by atoms with Crippen molar-refractivity contribution in [3.05, 3.63) is 81.3 Å². The summed E-state index contributed by atoms with van der Waals surface area (Å²) in [5.74, 6) is -1.04. The maximum absolute atomic E-state index is 13.5. The number of hydrogen-bond donors (Lipinski definition) is 2. The van der Waals surface area contributed by atoms with Crippen molar-refractivity contribution in [3.8, 4) is 0 Å². The van der Waals surface area contributed by atoms with Crippen molar-refractivity contribution in [2.75, 3.05) is 19.0 Å². The second kappa shape index (κ2) is 11.9. The van der Waals surface area contributed by atoms with Crippen LogP contribution < -0.4 is 5.32 Å². The van der Waals surface area contributed by atoms with E-state index in [0.717, 1.165) is 10.9 Å². The molecule has 0 aliphatic carbocycles. The van der Waals surface area contributed by atoms with Crippen LogP contribution in [0.15, 0.2) is 53.2 Å². The Morgan fingerprint density at radius 3 is 2.71 bits per heavy atom. The molecule has 4 aromatic rings. The van der Waals surface area contributed by atoms with Gasteiger partial charge in [0.2, 0.25) is 5.91 Å². The SMILES string of the molecule is CO[C@H]1C[C@@H](c2cc(CCC(=O)O)on2)N(C(=O)Cc2cc(Cl)c(NC(=O)c3cn(C)c4ccccc34)cc2Cl)C1. The van der Waals surface area contributed by atoms with Gasteiger partial charge < -0.3 is 29.2 Å². The normalized spacial score (nSPS) is 16.8. The Labute approximate surface area is 245 Å². The molecule has 2 aromatic heterocycles. The van der Waals surface area contributed by atoms with Gasteiger partial charge in [-0.3, -0.25) is 14.4 Å². The lowest BCUT2D eigenvalue weighted by Crippen LogP contribution is -2.33. The highest BCUT2D eigenvalue weighted by atomic mass is 35.5. The highest BCUT2D eigenvalue weighted by Crippen LogP contribution is 2.36. The Kier molecular flexibility index (Phi) is 8.35. The van der Waals surface area contributed by atoms with Crippen molar-refractivity contribution < 1.29 is 28.8 Å². The van der Waals surface area contributed by atoms with Gasteiger partial charge in [0.15, 0.2) is 0 Å². The lowest BCUT2D eigenvalue weighted by atomic mass is 10.1. The predicted octanol–water partition coefficient (Wildman–Crippen LogP) is 5.27. The molecule has 0 bridgehead atoms. The van der Waals surface area contributed by atoms with Gasteiger partial charge in [0.05, 0.1) is 41.3 Å². The molecule has 12 heteroatoms. The van der Waals surface area contributed by atoms with Gasteiger partial charge in [-0.2, -0.15) is 0 Å². The molecule has 2 amide bonds. The number of halogens is 2. The van der Waals surface area contributed by atoms with Crippen molar-refractivity contribution in [2.45, 2.75) is 37.8 Å². The van der Waals surface area contributed by atoms with Gasteiger partial charge >= 0.3 is 5.97 Å². The first-order chi connectivity index (χ1) is 19.6. The summed E-state index contributed by atoms with van der Waals surface area (Å²) in [7, 11) is 3.45. The molecule has 2 atom stereocenters. The van der Waals surface area contributed by atoms with Crippen LogP contribution in [0, 0.1) is 0 Å². The number of aliphatic carboxylic acids is 1. The minimum atomic E-state index is -0.935. The van der Waals surface area contributed by atoms with Gasteiger partial charge in [-0.1, -0.05) is 46.6 Å². The van der Waals surface area contributed by atoms with Crippen molar-refractivity contribution >= 4 is 57.6 Å². The molecule has 1 aliphatic heterocycles. The monoisotopic (exact) mass is 598 g/mol. The topological polar surface area (TPSA) is 127 Å². The number of ether oxygens (including phenoxy) is 1. The lowest BCUT2D eigenvalue weighted by molar-refractivity contribution is -0.137. The summed E-state index contributed by atoms with van der Waals surface area (Å²) < 4.78 is 12.7. The molecule has 1 fully saturated rings. The fourth-order valence-corrected chi connectivity index (χ4v) is 5.62. The number of likely N-dealkylation sites (tertiary alicyclic amines) is 1. The number of methoxy groups -OCH3 is 1. The van der Waals surface area contributed by atoms with E-state index in [4.69, 9.17) is 37.6 Å². The molecular weight excluding hydrogens is 571 g/mol. The largest absolute Gasteiger partial charge is 0.481 e. The van der Waals surface area contributed by atoms with E-state index in [9.17, 15) is 14.4 Å². The second-order valence-electron chi connectivity index (χ2n) is 9.99. The number of hydrogen-bond acceptors (Lipinski definition) is 6. The first-order valence-electron chi connectivity index (χ1n) is 13.0. The fourth-order valence-electron chi connectivity index (χ4n) is 5.15. The van der Waals surface area contributed by atoms with Crippen molar-refractivity contribution in [3.63, 3.8) is 0 Å². The quantitative estimate of drug-likeness (QED) is 0.268. The Balaban J connectivity index is 1.31. The van der Waals surface area contributed by atoms with Gasteiger partial charge in [0, 0.05) is 61.7 Å². The highest BCUT2D eigenvalue weighted by Gasteiger charge is 2.38. The van der Waals surface area contributed by atoms with Crippen LogP contribution >= 0.6 is 23.2 Å². The van der Waals surface area contributed by atoms with Gasteiger partial charge in [-0.05, 0) is 23.8 Å². The van der Waals surface area contributed by atoms with Crippen molar-refractivity contribution in [2.24, 2.45) is 7.05 Å². The molecule has 1 aliphatic rings. The molecular formula is C29H28Cl2N4O6. The summed E-state index contributed by atoms with van der Waals surface area (Å²) >= 11 is 13.1. The lowest BCUT2D eigenvalue weighted by Gasteiger charge is -2.23. The number of carbonyl (C=O) groups is 3. The summed E-state index contributed by atoms with van der Waals surface area (Å²) in [4.78, 5) is 39.1. The molecule has 0 spiro atoms. The third-order valence-electron chi connectivity index (χ3n) is 7.29. The molecule has 0 unspecified atom stereocenters. The van der Waals surface area contributed by atoms with Gasteiger partial charge in [-0.15, -0.1) is 0 Å². The molecule has 5 rings (SSSR count). The van der Waals surface area contributed by atoms with Gasteiger partial charge in [0.1, 0.15) is 11.5 Å².